The summed E-state index contributed by atoms with van der Waals surface area (Å²) >= 11 is 0. The maximum atomic E-state index is 8.74. The predicted octanol–water partition coefficient (Wildman–Crippen LogP) is -0.159. The quantitative estimate of drug-likeness (QED) is 0.275. The molecule has 8 heavy (non-hydrogen) atoms. The lowest BCUT2D eigenvalue weighted by Crippen LogP contribution is -1.89. The Morgan fingerprint density at radius 1 is 1.12 bits per heavy atom. The van der Waals surface area contributed by atoms with Crippen LogP contribution in [0.25, 0.3) is 0 Å². The minimum atomic E-state index is -4.67. The molecule has 0 rings (SSSR count). The largest absolute Gasteiger partial charge is 0.394 e. The highest BCUT2D eigenvalue weighted by atomic mass is 32.3. The van der Waals surface area contributed by atoms with E-state index in [0.717, 1.165) is 0 Å². The van der Waals surface area contributed by atoms with Crippen molar-refractivity contribution < 1.29 is 17.5 Å². The van der Waals surface area contributed by atoms with E-state index in [-0.39, 0.29) is 6.15 Å². The molecule has 52 valence electrons. The van der Waals surface area contributed by atoms with E-state index in [1.165, 1.54) is 0 Å². The Morgan fingerprint density at radius 3 is 1.12 bits per heavy atom. The highest BCUT2D eigenvalue weighted by molar-refractivity contribution is 7.79. The molecule has 0 spiro atoms. The fourth-order valence-corrected chi connectivity index (χ4v) is 0. The molecule has 8 heteroatoms. The maximum Gasteiger partial charge on any atom is 0.394 e. The average Bonchev–Trinajstić information content (AvgIpc) is 1.36. The van der Waals surface area contributed by atoms with Crippen LogP contribution in [0.4, 0.5) is 0 Å². The molecular weight excluding hydrogens is 140 g/mol. The van der Waals surface area contributed by atoms with Crippen LogP contribution >= 0.6 is 0 Å². The Kier molecular flexibility index (Phi) is 12.6. The van der Waals surface area contributed by atoms with Gasteiger partial charge in [0.2, 0.25) is 0 Å². The molecule has 0 aromatic heterocycles. The van der Waals surface area contributed by atoms with Crippen molar-refractivity contribution in [2.45, 2.75) is 0 Å². The van der Waals surface area contributed by atoms with Crippen LogP contribution in [0.5, 0.6) is 0 Å². The highest BCUT2D eigenvalue weighted by Crippen LogP contribution is 1.59. The Balaban J connectivity index is -0.0000000750. The normalized spacial score (nSPS) is 7.75. The van der Waals surface area contributed by atoms with Crippen LogP contribution in [0.15, 0.2) is 0 Å². The van der Waals surface area contributed by atoms with Gasteiger partial charge in [-0.15, -0.1) is 0 Å². The van der Waals surface area contributed by atoms with Crippen LogP contribution < -0.4 is 6.15 Å². The van der Waals surface area contributed by atoms with Gasteiger partial charge < -0.3 is 6.15 Å². The molecular formula is H6N2O5S. The second-order valence-electron chi connectivity index (χ2n) is 0.448. The molecule has 0 aliphatic heterocycles. The molecule has 0 aromatic rings. The molecule has 0 radical (unpaired) electrons. The van der Waals surface area contributed by atoms with Crippen LogP contribution in [-0.4, -0.2) is 17.5 Å². The lowest BCUT2D eigenvalue weighted by molar-refractivity contribution is 0.381. The van der Waals surface area contributed by atoms with E-state index in [2.05, 4.69) is 5.59 Å². The van der Waals surface area contributed by atoms with Crippen molar-refractivity contribution in [1.82, 2.24) is 6.15 Å². The van der Waals surface area contributed by atoms with E-state index < -0.39 is 10.4 Å². The number of nitroso groups, excluding NO2 is 1. The van der Waals surface area contributed by atoms with E-state index in [1.54, 1.807) is 0 Å². The number of nitrogens with one attached hydrogen (secondary N) is 1. The summed E-state index contributed by atoms with van der Waals surface area (Å²) in [6.07, 6.45) is 0. The van der Waals surface area contributed by atoms with Gasteiger partial charge in [0.05, 0.1) is 0 Å². The minimum absolute atomic E-state index is 0. The van der Waals surface area contributed by atoms with Crippen molar-refractivity contribution in [2.75, 3.05) is 0 Å². The third-order valence-corrected chi connectivity index (χ3v) is 0. The lowest BCUT2D eigenvalue weighted by atomic mass is 13.8. The Labute approximate surface area is 45.6 Å². The van der Waals surface area contributed by atoms with Crippen molar-refractivity contribution in [1.29, 1.82) is 5.59 Å². The van der Waals surface area contributed by atoms with Gasteiger partial charge in [-0.05, 0) is 0 Å². The molecule has 7 nitrogen and oxygen atoms in total. The second kappa shape index (κ2) is 6.43. The standard InChI is InChI=1S/HNO.H3N.H2O4S/c1-2;;1-5(2,3)4/h1H;1H3;(H2,1,2,3,4). The molecule has 0 fully saturated rings. The fourth-order valence-electron chi connectivity index (χ4n) is 0. The molecule has 0 saturated heterocycles. The van der Waals surface area contributed by atoms with Crippen LogP contribution in [-0.2, 0) is 10.4 Å². The first-order valence-electron chi connectivity index (χ1n) is 0.903. The zero-order valence-electron chi connectivity index (χ0n) is 3.73. The summed E-state index contributed by atoms with van der Waals surface area (Å²) in [5, 5.41) is 0. The molecule has 0 atom stereocenters. The van der Waals surface area contributed by atoms with Crippen molar-refractivity contribution in [3.63, 3.8) is 0 Å². The number of hydrogen-bond donors (Lipinski definition) is 4. The third kappa shape index (κ3) is 328. The minimum Gasteiger partial charge on any atom is -0.344 e. The van der Waals surface area contributed by atoms with Gasteiger partial charge in [0.1, 0.15) is 0 Å². The summed E-state index contributed by atoms with van der Waals surface area (Å²) in [6.45, 7) is 0. The topological polar surface area (TPSA) is 151 Å². The molecule has 0 heterocycles. The SMILES string of the molecule is N.N=O.O=S(=O)(O)O. The van der Waals surface area contributed by atoms with Gasteiger partial charge in [-0.3, -0.25) is 9.11 Å². The summed E-state index contributed by atoms with van der Waals surface area (Å²) < 4.78 is 31.6. The first-order valence-corrected chi connectivity index (χ1v) is 2.30. The molecule has 0 bridgehead atoms. The van der Waals surface area contributed by atoms with E-state index in [1.807, 2.05) is 0 Å². The Hall–Kier alpha value is -0.570. The van der Waals surface area contributed by atoms with E-state index >= 15 is 0 Å². The first-order chi connectivity index (χ1) is 3.00. The second-order valence-corrected chi connectivity index (χ2v) is 1.34. The first kappa shape index (κ1) is 15.7. The highest BCUT2D eigenvalue weighted by Gasteiger charge is 1.84. The third-order valence-electron chi connectivity index (χ3n) is 0. The van der Waals surface area contributed by atoms with Crippen molar-refractivity contribution in [3.05, 3.63) is 4.91 Å². The van der Waals surface area contributed by atoms with Gasteiger partial charge >= 0.3 is 10.4 Å². The maximum absolute atomic E-state index is 8.74. The summed E-state index contributed by atoms with van der Waals surface area (Å²) in [7, 11) is -4.67. The van der Waals surface area contributed by atoms with Gasteiger partial charge in [-0.25, -0.2) is 0 Å². The number of hydrogen-bond acceptors (Lipinski definition) is 5. The Morgan fingerprint density at radius 2 is 1.12 bits per heavy atom. The van der Waals surface area contributed by atoms with Gasteiger partial charge in [0, 0.05) is 0 Å². The van der Waals surface area contributed by atoms with Gasteiger partial charge in [-0.2, -0.15) is 13.3 Å². The lowest BCUT2D eigenvalue weighted by Gasteiger charge is -1.68. The van der Waals surface area contributed by atoms with Gasteiger partial charge in [-0.1, -0.05) is 5.59 Å². The van der Waals surface area contributed by atoms with E-state index in [4.69, 9.17) is 22.4 Å². The van der Waals surface area contributed by atoms with Crippen molar-refractivity contribution in [3.8, 4) is 0 Å². The summed E-state index contributed by atoms with van der Waals surface area (Å²) in [6, 6.07) is 0. The van der Waals surface area contributed by atoms with Crippen LogP contribution in [0, 0.1) is 10.5 Å². The molecule has 0 aliphatic rings. The van der Waals surface area contributed by atoms with Gasteiger partial charge in [0.15, 0.2) is 0 Å². The smallest absolute Gasteiger partial charge is 0.344 e. The molecule has 0 aliphatic carbocycles. The van der Waals surface area contributed by atoms with E-state index in [0.29, 0.717) is 0 Å². The molecule has 6 N–H and O–H groups in total. The Bertz CT molecular complexity index is 104. The predicted molar refractivity (Wildman–Crippen MR) is 25.3 cm³/mol. The summed E-state index contributed by atoms with van der Waals surface area (Å²) in [5.74, 6) is 0. The zero-order chi connectivity index (χ0) is 6.50. The van der Waals surface area contributed by atoms with Crippen molar-refractivity contribution >= 4 is 10.4 Å². The van der Waals surface area contributed by atoms with E-state index in [9.17, 15) is 0 Å². The molecule has 0 amide bonds. The molecule has 0 unspecified atom stereocenters. The van der Waals surface area contributed by atoms with Crippen LogP contribution in [0.2, 0.25) is 0 Å². The molecule has 0 aromatic carbocycles. The van der Waals surface area contributed by atoms with Crippen LogP contribution in [0.3, 0.4) is 0 Å². The van der Waals surface area contributed by atoms with Gasteiger partial charge in [0.25, 0.3) is 0 Å². The fraction of sp³-hybridized carbons (Fsp3) is 0. The number of rotatable bonds is 0. The molecule has 0 saturated carbocycles. The summed E-state index contributed by atoms with van der Waals surface area (Å²) in [4.78, 5) is 7.50. The van der Waals surface area contributed by atoms with Crippen molar-refractivity contribution in [2.24, 2.45) is 0 Å². The summed E-state index contributed by atoms with van der Waals surface area (Å²) in [5.41, 5.74) is 4.50. The average molecular weight is 146 g/mol. The monoisotopic (exact) mass is 146 g/mol. The zero-order valence-corrected chi connectivity index (χ0v) is 4.55. The van der Waals surface area contributed by atoms with Crippen LogP contribution in [0.1, 0.15) is 0 Å².